The van der Waals surface area contributed by atoms with E-state index in [9.17, 15) is 38.9 Å². The van der Waals surface area contributed by atoms with Crippen LogP contribution < -0.4 is 0 Å². The summed E-state index contributed by atoms with van der Waals surface area (Å²) in [6.45, 7) is -1.46. The number of ether oxygens (including phenoxy) is 1. The number of nitro groups is 1. The summed E-state index contributed by atoms with van der Waals surface area (Å²) in [6, 6.07) is 1.09. The quantitative estimate of drug-likeness (QED) is 0.0768. The van der Waals surface area contributed by atoms with Crippen LogP contribution in [-0.2, 0) is 31.6 Å². The van der Waals surface area contributed by atoms with E-state index in [1.54, 1.807) is 0 Å². The fourth-order valence-electron chi connectivity index (χ4n) is 2.76. The molecule has 0 amide bonds. The number of nitrogens with zero attached hydrogens (tertiary/aromatic N) is 2. The molecule has 1 aliphatic heterocycles. The van der Waals surface area contributed by atoms with E-state index in [-0.39, 0.29) is 18.4 Å². The normalized spacial score (nSPS) is 24.7. The molecule has 18 nitrogen and oxygen atoms in total. The fraction of sp³-hybridized carbons (Fsp3) is 0.571. The minimum atomic E-state index is -5.73. The monoisotopic (exact) mass is 566 g/mol. The highest BCUT2D eigenvalue weighted by atomic mass is 31.3. The Morgan fingerprint density at radius 1 is 1.23 bits per heavy atom. The maximum absolute atomic E-state index is 11.8. The Labute approximate surface area is 196 Å². The summed E-state index contributed by atoms with van der Waals surface area (Å²) >= 11 is 0. The molecule has 1 aromatic heterocycles. The standard InChI is InChI=1S/C14H21N2O16P3/c17-7-10(18)3-1-2-9-4-13(16(20)21)15(6-9)14-5-11(19)12(30-14)8-29-34(25,26)32-35(27,28)31-33(22,23)24/h4,6,10-12,14,17-19H,3,5,7-8H2,(H,25,26)(H,27,28)(H2,22,23,24)/t10-,11+,12-,14-/m1/s1. The SMILES string of the molecule is O=[N+]([O-])c1cc(C#CC[C@@H](O)CO)cn1[C@H]1C[C@H](O)[C@@H](COP(=O)(O)OP(=O)(O)OP(=O)(O)O)O1. The molecule has 198 valence electrons. The predicted molar refractivity (Wildman–Crippen MR) is 110 cm³/mol. The lowest BCUT2D eigenvalue weighted by atomic mass is 10.2. The van der Waals surface area contributed by atoms with Crippen molar-refractivity contribution in [2.45, 2.75) is 37.4 Å². The molecular formula is C14H21N2O16P3. The second-order valence-corrected chi connectivity index (χ2v) is 11.3. The predicted octanol–water partition coefficient (Wildman–Crippen LogP) is -0.517. The van der Waals surface area contributed by atoms with Crippen molar-refractivity contribution in [1.29, 1.82) is 0 Å². The van der Waals surface area contributed by atoms with Crippen LogP contribution in [0.1, 0.15) is 24.6 Å². The number of aliphatic hydroxyl groups excluding tert-OH is 3. The summed E-state index contributed by atoms with van der Waals surface area (Å²) in [7, 11) is -16.8. The lowest BCUT2D eigenvalue weighted by molar-refractivity contribution is -0.393. The minimum Gasteiger partial charge on any atom is -0.394 e. The zero-order chi connectivity index (χ0) is 26.6. The Morgan fingerprint density at radius 2 is 1.89 bits per heavy atom. The van der Waals surface area contributed by atoms with Crippen LogP contribution in [0.5, 0.6) is 0 Å². The van der Waals surface area contributed by atoms with E-state index in [0.717, 1.165) is 10.6 Å². The molecule has 0 spiro atoms. The van der Waals surface area contributed by atoms with Crippen LogP contribution in [0.15, 0.2) is 12.3 Å². The van der Waals surface area contributed by atoms with Crippen LogP contribution in [0.2, 0.25) is 0 Å². The largest absolute Gasteiger partial charge is 0.490 e. The Hall–Kier alpha value is -1.51. The van der Waals surface area contributed by atoms with E-state index >= 15 is 0 Å². The number of hydrogen-bond acceptors (Lipinski definition) is 12. The van der Waals surface area contributed by atoms with Gasteiger partial charge >= 0.3 is 29.3 Å². The first-order valence-corrected chi connectivity index (χ1v) is 13.8. The van der Waals surface area contributed by atoms with Crippen molar-refractivity contribution < 1.29 is 71.4 Å². The van der Waals surface area contributed by atoms with Crippen molar-refractivity contribution in [3.63, 3.8) is 0 Å². The van der Waals surface area contributed by atoms with Gasteiger partial charge in [-0.3, -0.25) is 4.52 Å². The average Bonchev–Trinajstić information content (AvgIpc) is 3.27. The number of phosphoric acid groups is 3. The van der Waals surface area contributed by atoms with Gasteiger partial charge in [-0.25, -0.2) is 18.3 Å². The highest BCUT2D eigenvalue weighted by molar-refractivity contribution is 7.66. The van der Waals surface area contributed by atoms with E-state index in [0.29, 0.717) is 0 Å². The summed E-state index contributed by atoms with van der Waals surface area (Å²) in [6.07, 6.45) is -4.18. The molecule has 0 aromatic carbocycles. The molecule has 1 saturated heterocycles. The summed E-state index contributed by atoms with van der Waals surface area (Å²) in [5.41, 5.74) is 0.150. The van der Waals surface area contributed by atoms with Gasteiger partial charge in [-0.1, -0.05) is 11.8 Å². The van der Waals surface area contributed by atoms with Gasteiger partial charge < -0.3 is 49.7 Å². The lowest BCUT2D eigenvalue weighted by Gasteiger charge is -2.18. The molecule has 2 heterocycles. The third-order valence-electron chi connectivity index (χ3n) is 4.13. The van der Waals surface area contributed by atoms with Gasteiger partial charge in [0, 0.05) is 12.8 Å². The molecular weight excluding hydrogens is 545 g/mol. The second kappa shape index (κ2) is 11.7. The highest BCUT2D eigenvalue weighted by Crippen LogP contribution is 2.66. The molecule has 7 N–H and O–H groups in total. The van der Waals surface area contributed by atoms with Gasteiger partial charge in [0.15, 0.2) is 0 Å². The Morgan fingerprint density at radius 3 is 2.46 bits per heavy atom. The number of aromatic nitrogens is 1. The Kier molecular flexibility index (Phi) is 9.93. The lowest BCUT2D eigenvalue weighted by Crippen LogP contribution is -2.26. The van der Waals surface area contributed by atoms with Gasteiger partial charge in [-0.05, 0) is 4.92 Å². The van der Waals surface area contributed by atoms with Crippen molar-refractivity contribution in [1.82, 2.24) is 4.57 Å². The van der Waals surface area contributed by atoms with E-state index in [1.165, 1.54) is 6.20 Å². The van der Waals surface area contributed by atoms with E-state index in [2.05, 4.69) is 25.0 Å². The van der Waals surface area contributed by atoms with Crippen LogP contribution in [0.25, 0.3) is 0 Å². The molecule has 21 heteroatoms. The van der Waals surface area contributed by atoms with E-state index in [4.69, 9.17) is 24.5 Å². The van der Waals surface area contributed by atoms with Crippen molar-refractivity contribution in [3.8, 4) is 11.8 Å². The van der Waals surface area contributed by atoms with Gasteiger partial charge in [0.1, 0.15) is 12.3 Å². The third-order valence-corrected chi connectivity index (χ3v) is 7.93. The molecule has 35 heavy (non-hydrogen) atoms. The zero-order valence-corrected chi connectivity index (χ0v) is 20.0. The summed E-state index contributed by atoms with van der Waals surface area (Å²) in [5, 5.41) is 39.6. The molecule has 2 unspecified atom stereocenters. The summed E-state index contributed by atoms with van der Waals surface area (Å²) in [5.74, 6) is 4.61. The van der Waals surface area contributed by atoms with Gasteiger partial charge in [-0.15, -0.1) is 0 Å². The van der Waals surface area contributed by atoms with E-state index < -0.39 is 72.0 Å². The van der Waals surface area contributed by atoms with Crippen molar-refractivity contribution in [3.05, 3.63) is 27.9 Å². The zero-order valence-electron chi connectivity index (χ0n) is 17.3. The molecule has 0 radical (unpaired) electrons. The Bertz CT molecular complexity index is 1120. The van der Waals surface area contributed by atoms with Crippen molar-refractivity contribution >= 4 is 29.3 Å². The number of phosphoric ester groups is 1. The van der Waals surface area contributed by atoms with Crippen molar-refractivity contribution in [2.24, 2.45) is 0 Å². The van der Waals surface area contributed by atoms with Crippen LogP contribution >= 0.6 is 23.5 Å². The first-order valence-electron chi connectivity index (χ1n) is 9.28. The first-order chi connectivity index (χ1) is 16.0. The van der Waals surface area contributed by atoms with Crippen LogP contribution in [0.3, 0.4) is 0 Å². The fourth-order valence-corrected chi connectivity index (χ4v) is 5.79. The van der Waals surface area contributed by atoms with E-state index in [1.807, 2.05) is 0 Å². The highest BCUT2D eigenvalue weighted by Gasteiger charge is 2.44. The maximum Gasteiger partial charge on any atom is 0.490 e. The first kappa shape index (κ1) is 29.7. The topological polar surface area (TPSA) is 278 Å². The van der Waals surface area contributed by atoms with Gasteiger partial charge in [0.25, 0.3) is 0 Å². The smallest absolute Gasteiger partial charge is 0.394 e. The number of hydrogen-bond donors (Lipinski definition) is 7. The molecule has 0 aliphatic carbocycles. The summed E-state index contributed by atoms with van der Waals surface area (Å²) in [4.78, 5) is 46.3. The van der Waals surface area contributed by atoms with Crippen LogP contribution in [0.4, 0.5) is 5.82 Å². The number of rotatable bonds is 11. The average molecular weight is 566 g/mol. The van der Waals surface area contributed by atoms with Crippen LogP contribution in [0, 0.1) is 22.0 Å². The molecule has 1 aliphatic rings. The maximum atomic E-state index is 11.8. The molecule has 0 saturated carbocycles. The minimum absolute atomic E-state index is 0.100. The number of aliphatic hydroxyl groups is 3. The molecule has 6 atom stereocenters. The second-order valence-electron chi connectivity index (χ2n) is 6.91. The Balaban J connectivity index is 2.08. The third kappa shape index (κ3) is 9.47. The molecule has 2 rings (SSSR count). The van der Waals surface area contributed by atoms with Crippen molar-refractivity contribution in [2.75, 3.05) is 13.2 Å². The molecule has 0 bridgehead atoms. The molecule has 1 aromatic rings. The van der Waals surface area contributed by atoms with Gasteiger partial charge in [0.05, 0.1) is 37.1 Å². The molecule has 1 fully saturated rings. The van der Waals surface area contributed by atoms with Gasteiger partial charge in [-0.2, -0.15) is 8.62 Å². The van der Waals surface area contributed by atoms with Crippen LogP contribution in [-0.4, -0.2) is 75.9 Å². The summed E-state index contributed by atoms with van der Waals surface area (Å²) < 4.78 is 51.8. The van der Waals surface area contributed by atoms with Gasteiger partial charge in [0.2, 0.25) is 6.23 Å².